The Labute approximate surface area is 234 Å². The predicted molar refractivity (Wildman–Crippen MR) is 166 cm³/mol. The molecular weight excluding hydrogens is 466 g/mol. The number of unbranched alkanes of at least 4 members (excludes halogenated alkanes) is 3. The molecule has 3 saturated carbocycles. The highest BCUT2D eigenvalue weighted by Crippen LogP contribution is 2.39. The summed E-state index contributed by atoms with van der Waals surface area (Å²) in [4.78, 5) is 6.09. The second-order valence-corrected chi connectivity index (χ2v) is 14.2. The third kappa shape index (κ3) is 8.56. The van der Waals surface area contributed by atoms with Gasteiger partial charge in [-0.15, -0.1) is 11.3 Å². The lowest BCUT2D eigenvalue weighted by Crippen LogP contribution is -2.52. The van der Waals surface area contributed by atoms with Gasteiger partial charge in [-0.1, -0.05) is 52.2 Å². The van der Waals surface area contributed by atoms with E-state index in [1.807, 2.05) is 11.3 Å². The molecule has 0 bridgehead atoms. The maximum absolute atomic E-state index is 3.13. The van der Waals surface area contributed by atoms with Crippen LogP contribution in [0.25, 0.3) is 12.2 Å². The molecule has 0 radical (unpaired) electrons. The Morgan fingerprint density at radius 1 is 0.757 bits per heavy atom. The summed E-state index contributed by atoms with van der Waals surface area (Å²) in [6.45, 7) is 9.41. The lowest BCUT2D eigenvalue weighted by molar-refractivity contribution is 0.00819. The molecule has 208 valence electrons. The molecule has 1 nitrogen and oxygen atoms in total. The third-order valence-electron chi connectivity index (χ3n) is 9.99. The molecule has 0 spiro atoms. The van der Waals surface area contributed by atoms with Gasteiger partial charge in [0.05, 0.1) is 0 Å². The first kappa shape index (κ1) is 29.1. The maximum Gasteiger partial charge on any atom is 0.0305 e. The SMILES string of the molecule is C/C=C/c1sc(/C=C/C2CCC(N(C3CCC(C)CC3)C3CCC(C)CC3)CC2)cc1CCCCCC. The zero-order chi connectivity index (χ0) is 26.0. The molecule has 1 aromatic rings. The quantitative estimate of drug-likeness (QED) is 0.261. The number of aryl methyl sites for hydroxylation is 1. The molecule has 0 saturated heterocycles. The lowest BCUT2D eigenvalue weighted by atomic mass is 9.78. The molecule has 0 aliphatic heterocycles. The van der Waals surface area contributed by atoms with E-state index in [2.05, 4.69) is 63.0 Å². The fraction of sp³-hybridized carbons (Fsp3) is 0.771. The van der Waals surface area contributed by atoms with Crippen molar-refractivity contribution in [1.29, 1.82) is 0 Å². The van der Waals surface area contributed by atoms with Gasteiger partial charge in [-0.25, -0.2) is 0 Å². The molecule has 1 aromatic heterocycles. The molecule has 0 N–H and O–H groups in total. The Hall–Kier alpha value is -0.860. The standard InChI is InChI=1S/C35H57NS/c1-5-7-8-9-11-30-26-34(37-35(30)10-6-2)25-18-29-16-23-33(24-17-29)36(31-19-12-27(3)13-20-31)32-21-14-28(4)15-22-32/h6,10,18,25-29,31-33H,5,7-9,11-17,19-24H2,1-4H3/b10-6+,25-18+. The Bertz CT molecular complexity index is 803. The number of hydrogen-bond donors (Lipinski definition) is 0. The minimum atomic E-state index is 0.774. The summed E-state index contributed by atoms with van der Waals surface area (Å²) in [6, 6.07) is 5.08. The Kier molecular flexibility index (Phi) is 11.9. The molecule has 37 heavy (non-hydrogen) atoms. The third-order valence-corrected chi connectivity index (χ3v) is 11.1. The van der Waals surface area contributed by atoms with Gasteiger partial charge in [-0.05, 0) is 138 Å². The van der Waals surface area contributed by atoms with E-state index in [0.29, 0.717) is 0 Å². The highest BCUT2D eigenvalue weighted by Gasteiger charge is 2.37. The van der Waals surface area contributed by atoms with Crippen LogP contribution in [-0.4, -0.2) is 23.0 Å². The number of hydrogen-bond acceptors (Lipinski definition) is 2. The summed E-state index contributed by atoms with van der Waals surface area (Å²) in [5.41, 5.74) is 1.57. The molecule has 0 atom stereocenters. The number of nitrogens with zero attached hydrogens (tertiary/aromatic N) is 1. The smallest absolute Gasteiger partial charge is 0.0305 e. The van der Waals surface area contributed by atoms with Crippen LogP contribution in [0.2, 0.25) is 0 Å². The van der Waals surface area contributed by atoms with Crippen LogP contribution in [0.15, 0.2) is 18.2 Å². The molecule has 1 heterocycles. The second kappa shape index (κ2) is 15.1. The van der Waals surface area contributed by atoms with E-state index < -0.39 is 0 Å². The molecule has 0 aromatic carbocycles. The zero-order valence-corrected chi connectivity index (χ0v) is 25.5. The van der Waals surface area contributed by atoms with Crippen molar-refractivity contribution in [3.05, 3.63) is 33.5 Å². The largest absolute Gasteiger partial charge is 0.294 e. The zero-order valence-electron chi connectivity index (χ0n) is 24.7. The summed E-state index contributed by atoms with van der Waals surface area (Å²) in [5, 5.41) is 0. The topological polar surface area (TPSA) is 3.24 Å². The molecule has 3 aliphatic carbocycles. The summed E-state index contributed by atoms with van der Waals surface area (Å²) in [5.74, 6) is 2.68. The van der Waals surface area contributed by atoms with E-state index in [9.17, 15) is 0 Å². The van der Waals surface area contributed by atoms with Gasteiger partial charge in [0.25, 0.3) is 0 Å². The average Bonchev–Trinajstić information content (AvgIpc) is 3.30. The summed E-state index contributed by atoms with van der Waals surface area (Å²) >= 11 is 2.00. The van der Waals surface area contributed by atoms with Gasteiger partial charge in [0.1, 0.15) is 0 Å². The molecule has 4 rings (SSSR count). The Morgan fingerprint density at radius 2 is 1.32 bits per heavy atom. The monoisotopic (exact) mass is 523 g/mol. The predicted octanol–water partition coefficient (Wildman–Crippen LogP) is 10.9. The van der Waals surface area contributed by atoms with Gasteiger partial charge >= 0.3 is 0 Å². The minimum absolute atomic E-state index is 0.774. The number of rotatable bonds is 11. The first-order valence-electron chi connectivity index (χ1n) is 16.3. The highest BCUT2D eigenvalue weighted by molar-refractivity contribution is 7.14. The summed E-state index contributed by atoms with van der Waals surface area (Å²) in [7, 11) is 0. The van der Waals surface area contributed by atoms with E-state index in [-0.39, 0.29) is 0 Å². The van der Waals surface area contributed by atoms with Crippen molar-refractivity contribution >= 4 is 23.5 Å². The first-order chi connectivity index (χ1) is 18.1. The van der Waals surface area contributed by atoms with Crippen LogP contribution in [0, 0.1) is 17.8 Å². The fourth-order valence-corrected chi connectivity index (χ4v) is 8.67. The van der Waals surface area contributed by atoms with Gasteiger partial charge in [0.15, 0.2) is 0 Å². The highest BCUT2D eigenvalue weighted by atomic mass is 32.1. The number of thiophene rings is 1. The van der Waals surface area contributed by atoms with E-state index in [0.717, 1.165) is 35.9 Å². The van der Waals surface area contributed by atoms with Crippen LogP contribution in [0.4, 0.5) is 0 Å². The molecular formula is C35H57NS. The molecule has 2 heteroatoms. The minimum Gasteiger partial charge on any atom is -0.294 e. The lowest BCUT2D eigenvalue weighted by Gasteiger charge is -2.49. The van der Waals surface area contributed by atoms with Gasteiger partial charge in [0, 0.05) is 27.9 Å². The van der Waals surface area contributed by atoms with Gasteiger partial charge < -0.3 is 0 Å². The van der Waals surface area contributed by atoms with E-state index in [4.69, 9.17) is 0 Å². The van der Waals surface area contributed by atoms with Crippen molar-refractivity contribution in [3.63, 3.8) is 0 Å². The normalized spacial score (nSPS) is 31.6. The second-order valence-electron chi connectivity index (χ2n) is 13.1. The summed E-state index contributed by atoms with van der Waals surface area (Å²) in [6.07, 6.45) is 33.5. The maximum atomic E-state index is 3.13. The van der Waals surface area contributed by atoms with Crippen molar-refractivity contribution < 1.29 is 0 Å². The number of allylic oxidation sites excluding steroid dienone is 2. The average molecular weight is 524 g/mol. The van der Waals surface area contributed by atoms with Crippen molar-refractivity contribution in [2.24, 2.45) is 17.8 Å². The fourth-order valence-electron chi connectivity index (χ4n) is 7.58. The molecule has 3 fully saturated rings. The first-order valence-corrected chi connectivity index (χ1v) is 17.1. The van der Waals surface area contributed by atoms with Crippen LogP contribution in [0.1, 0.15) is 146 Å². The van der Waals surface area contributed by atoms with Crippen LogP contribution in [-0.2, 0) is 6.42 Å². The van der Waals surface area contributed by atoms with Gasteiger partial charge in [-0.3, -0.25) is 4.90 Å². The Morgan fingerprint density at radius 3 is 1.86 bits per heavy atom. The van der Waals surface area contributed by atoms with Crippen molar-refractivity contribution in [2.75, 3.05) is 0 Å². The summed E-state index contributed by atoms with van der Waals surface area (Å²) < 4.78 is 0. The molecule has 3 aliphatic rings. The van der Waals surface area contributed by atoms with Crippen LogP contribution in [0.5, 0.6) is 0 Å². The van der Waals surface area contributed by atoms with Gasteiger partial charge in [-0.2, -0.15) is 0 Å². The molecule has 0 unspecified atom stereocenters. The van der Waals surface area contributed by atoms with Crippen molar-refractivity contribution in [2.45, 2.75) is 155 Å². The van der Waals surface area contributed by atoms with Crippen LogP contribution < -0.4 is 0 Å². The van der Waals surface area contributed by atoms with E-state index in [1.165, 1.54) is 119 Å². The van der Waals surface area contributed by atoms with Crippen molar-refractivity contribution in [3.8, 4) is 0 Å². The van der Waals surface area contributed by atoms with E-state index >= 15 is 0 Å². The van der Waals surface area contributed by atoms with Crippen LogP contribution >= 0.6 is 11.3 Å². The molecule has 0 amide bonds. The van der Waals surface area contributed by atoms with Crippen LogP contribution in [0.3, 0.4) is 0 Å². The van der Waals surface area contributed by atoms with E-state index in [1.54, 1.807) is 5.56 Å². The van der Waals surface area contributed by atoms with Gasteiger partial charge in [0.2, 0.25) is 0 Å². The Balaban J connectivity index is 1.34. The van der Waals surface area contributed by atoms with Crippen molar-refractivity contribution in [1.82, 2.24) is 4.90 Å².